The third kappa shape index (κ3) is 4.00. The summed E-state index contributed by atoms with van der Waals surface area (Å²) in [5, 5.41) is 0. The number of benzene rings is 2. The maximum Gasteiger partial charge on any atom is 0.263 e. The third-order valence-electron chi connectivity index (χ3n) is 2.84. The van der Waals surface area contributed by atoms with E-state index in [0.717, 1.165) is 10.5 Å². The van der Waals surface area contributed by atoms with Crippen LogP contribution < -0.4 is 10.5 Å². The minimum absolute atomic E-state index is 0.189. The minimum atomic E-state index is -3.64. The number of hydrogen-bond acceptors (Lipinski definition) is 4. The van der Waals surface area contributed by atoms with Gasteiger partial charge in [-0.25, -0.2) is 8.42 Å². The zero-order valence-corrected chi connectivity index (χ0v) is 14.6. The number of rotatable bonds is 5. The van der Waals surface area contributed by atoms with Crippen molar-refractivity contribution in [2.24, 2.45) is 5.73 Å². The number of halogens is 1. The van der Waals surface area contributed by atoms with E-state index in [2.05, 4.69) is 20.7 Å². The largest absolute Gasteiger partial charge is 0.326 e. The lowest BCUT2D eigenvalue weighted by Gasteiger charge is -2.11. The molecule has 0 saturated carbocycles. The molecule has 0 spiro atoms. The van der Waals surface area contributed by atoms with Crippen molar-refractivity contribution in [1.29, 1.82) is 0 Å². The number of thioether (sulfide) groups is 1. The molecule has 2 rings (SSSR count). The van der Waals surface area contributed by atoms with Gasteiger partial charge in [-0.3, -0.25) is 4.72 Å². The van der Waals surface area contributed by atoms with Gasteiger partial charge in [0.05, 0.1) is 0 Å². The van der Waals surface area contributed by atoms with Crippen molar-refractivity contribution in [2.45, 2.75) is 16.3 Å². The highest BCUT2D eigenvalue weighted by Crippen LogP contribution is 2.26. The van der Waals surface area contributed by atoms with Gasteiger partial charge in [-0.15, -0.1) is 11.8 Å². The molecular weight excluding hydrogens is 372 g/mol. The van der Waals surface area contributed by atoms with Crippen LogP contribution in [0.15, 0.2) is 56.7 Å². The molecule has 4 nitrogen and oxygen atoms in total. The maximum absolute atomic E-state index is 12.4. The van der Waals surface area contributed by atoms with E-state index in [9.17, 15) is 8.42 Å². The average Bonchev–Trinajstić information content (AvgIpc) is 2.46. The monoisotopic (exact) mass is 386 g/mol. The van der Waals surface area contributed by atoms with Crippen molar-refractivity contribution in [3.05, 3.63) is 52.5 Å². The zero-order chi connectivity index (χ0) is 15.5. The molecule has 0 saturated heterocycles. The Labute approximate surface area is 137 Å². The number of hydrogen-bond donors (Lipinski definition) is 2. The fraction of sp³-hybridized carbons (Fsp3) is 0.143. The fourth-order valence-corrected chi connectivity index (χ4v) is 4.42. The van der Waals surface area contributed by atoms with Crippen molar-refractivity contribution < 1.29 is 8.42 Å². The molecule has 2 aromatic rings. The van der Waals surface area contributed by atoms with Crippen LogP contribution in [0.4, 0.5) is 5.69 Å². The highest BCUT2D eigenvalue weighted by atomic mass is 79.9. The smallest absolute Gasteiger partial charge is 0.263 e. The zero-order valence-electron chi connectivity index (χ0n) is 11.3. The molecule has 3 N–H and O–H groups in total. The molecule has 21 heavy (non-hydrogen) atoms. The summed E-state index contributed by atoms with van der Waals surface area (Å²) in [5.74, 6) is 0. The predicted octanol–water partition coefficient (Wildman–Crippen LogP) is 3.43. The van der Waals surface area contributed by atoms with E-state index in [-0.39, 0.29) is 4.90 Å². The summed E-state index contributed by atoms with van der Waals surface area (Å²) in [6.07, 6.45) is 1.94. The molecule has 0 radical (unpaired) electrons. The molecule has 0 bridgehead atoms. The lowest BCUT2D eigenvalue weighted by Crippen LogP contribution is -2.14. The van der Waals surface area contributed by atoms with Crippen LogP contribution in [-0.4, -0.2) is 14.7 Å². The van der Waals surface area contributed by atoms with Gasteiger partial charge in [-0.1, -0.05) is 12.1 Å². The normalized spacial score (nSPS) is 11.4. The Balaban J connectivity index is 2.33. The predicted molar refractivity (Wildman–Crippen MR) is 91.1 cm³/mol. The second-order valence-electron chi connectivity index (χ2n) is 4.31. The molecule has 112 valence electrons. The Hall–Kier alpha value is -1.02. The maximum atomic E-state index is 12.4. The molecule has 0 aromatic heterocycles. The Morgan fingerprint density at radius 1 is 1.24 bits per heavy atom. The van der Waals surface area contributed by atoms with Gasteiger partial charge in [0.15, 0.2) is 0 Å². The van der Waals surface area contributed by atoms with Crippen LogP contribution in [0.25, 0.3) is 0 Å². The molecule has 0 amide bonds. The first-order chi connectivity index (χ1) is 9.96. The van der Waals surface area contributed by atoms with Crippen LogP contribution in [0.5, 0.6) is 0 Å². The Morgan fingerprint density at radius 3 is 2.62 bits per heavy atom. The van der Waals surface area contributed by atoms with E-state index < -0.39 is 10.0 Å². The molecule has 0 aliphatic rings. The first-order valence-corrected chi connectivity index (χ1v) is 9.62. The van der Waals surface area contributed by atoms with Crippen LogP contribution in [0.2, 0.25) is 0 Å². The first-order valence-electron chi connectivity index (χ1n) is 6.11. The Morgan fingerprint density at radius 2 is 2.00 bits per heavy atom. The second kappa shape index (κ2) is 6.83. The quantitative estimate of drug-likeness (QED) is 0.771. The molecule has 7 heteroatoms. The van der Waals surface area contributed by atoms with Gasteiger partial charge in [0.1, 0.15) is 4.90 Å². The topological polar surface area (TPSA) is 72.2 Å². The molecule has 0 atom stereocenters. The fourth-order valence-electron chi connectivity index (χ4n) is 1.79. The van der Waals surface area contributed by atoms with E-state index >= 15 is 0 Å². The molecular formula is C14H15BrN2O2S2. The Kier molecular flexibility index (Phi) is 5.32. The van der Waals surface area contributed by atoms with Crippen LogP contribution in [0.3, 0.4) is 0 Å². The van der Waals surface area contributed by atoms with E-state index in [1.807, 2.05) is 18.4 Å². The molecule has 0 unspecified atom stereocenters. The summed E-state index contributed by atoms with van der Waals surface area (Å²) in [5.41, 5.74) is 6.95. The van der Waals surface area contributed by atoms with Gasteiger partial charge in [0.25, 0.3) is 10.0 Å². The van der Waals surface area contributed by atoms with Gasteiger partial charge in [-0.05, 0) is 58.1 Å². The van der Waals surface area contributed by atoms with Crippen LogP contribution in [0, 0.1) is 0 Å². The van der Waals surface area contributed by atoms with Crippen LogP contribution >= 0.6 is 27.7 Å². The highest BCUT2D eigenvalue weighted by Gasteiger charge is 2.18. The summed E-state index contributed by atoms with van der Waals surface area (Å²) < 4.78 is 28.0. The SMILES string of the molecule is CSc1cccc(NS(=O)(=O)c2ccc(CN)cc2Br)c1. The summed E-state index contributed by atoms with van der Waals surface area (Å²) >= 11 is 4.84. The van der Waals surface area contributed by atoms with Gasteiger partial charge < -0.3 is 5.73 Å². The minimum Gasteiger partial charge on any atom is -0.326 e. The lowest BCUT2D eigenvalue weighted by atomic mass is 10.2. The summed E-state index contributed by atoms with van der Waals surface area (Å²) in [6.45, 7) is 0.363. The Bertz CT molecular complexity index is 748. The van der Waals surface area contributed by atoms with Crippen molar-refractivity contribution in [2.75, 3.05) is 11.0 Å². The van der Waals surface area contributed by atoms with Crippen molar-refractivity contribution in [3.8, 4) is 0 Å². The standard InChI is InChI=1S/C14H15BrN2O2S2/c1-20-12-4-2-3-11(8-12)17-21(18,19)14-6-5-10(9-16)7-13(14)15/h2-8,17H,9,16H2,1H3. The highest BCUT2D eigenvalue weighted by molar-refractivity contribution is 9.10. The van der Waals surface area contributed by atoms with E-state index in [1.54, 1.807) is 42.1 Å². The molecule has 0 fully saturated rings. The lowest BCUT2D eigenvalue weighted by molar-refractivity contribution is 0.600. The van der Waals surface area contributed by atoms with Crippen molar-refractivity contribution in [3.63, 3.8) is 0 Å². The number of sulfonamides is 1. The third-order valence-corrected chi connectivity index (χ3v) is 5.93. The number of nitrogens with one attached hydrogen (secondary N) is 1. The van der Waals surface area contributed by atoms with Gasteiger partial charge >= 0.3 is 0 Å². The van der Waals surface area contributed by atoms with Crippen molar-refractivity contribution in [1.82, 2.24) is 0 Å². The summed E-state index contributed by atoms with van der Waals surface area (Å²) in [7, 11) is -3.64. The molecule has 2 aromatic carbocycles. The van der Waals surface area contributed by atoms with E-state index in [4.69, 9.17) is 5.73 Å². The van der Waals surface area contributed by atoms with E-state index in [0.29, 0.717) is 16.7 Å². The van der Waals surface area contributed by atoms with Gasteiger partial charge in [-0.2, -0.15) is 0 Å². The summed E-state index contributed by atoms with van der Waals surface area (Å²) in [4.78, 5) is 1.18. The van der Waals surface area contributed by atoms with Crippen molar-refractivity contribution >= 4 is 43.4 Å². The number of anilines is 1. The molecule has 0 aliphatic carbocycles. The number of nitrogens with two attached hydrogens (primary N) is 1. The van der Waals surface area contributed by atoms with Gasteiger partial charge in [0.2, 0.25) is 0 Å². The van der Waals surface area contributed by atoms with E-state index in [1.165, 1.54) is 0 Å². The molecule has 0 aliphatic heterocycles. The summed E-state index contributed by atoms with van der Waals surface area (Å²) in [6, 6.07) is 12.2. The average molecular weight is 387 g/mol. The van der Waals surface area contributed by atoms with Crippen LogP contribution in [-0.2, 0) is 16.6 Å². The van der Waals surface area contributed by atoms with Crippen LogP contribution in [0.1, 0.15) is 5.56 Å². The first kappa shape index (κ1) is 16.4. The molecule has 0 heterocycles. The van der Waals surface area contributed by atoms with Gasteiger partial charge in [0, 0.05) is 21.6 Å². The second-order valence-corrected chi connectivity index (χ2v) is 7.69.